The third-order valence-corrected chi connectivity index (χ3v) is 5.03. The van der Waals surface area contributed by atoms with Gasteiger partial charge in [0.1, 0.15) is 5.75 Å². The first-order valence-electron chi connectivity index (χ1n) is 7.90. The number of aliphatic hydroxyl groups is 1. The number of anilines is 1. The van der Waals surface area contributed by atoms with Crippen molar-refractivity contribution in [3.63, 3.8) is 0 Å². The zero-order valence-corrected chi connectivity index (χ0v) is 13.2. The number of amides is 1. The molecule has 5 nitrogen and oxygen atoms in total. The highest BCUT2D eigenvalue weighted by atomic mass is 16.5. The van der Waals surface area contributed by atoms with Crippen LogP contribution in [0.25, 0.3) is 0 Å². The maximum absolute atomic E-state index is 13.0. The average Bonchev–Trinajstić information content (AvgIpc) is 2.86. The third kappa shape index (κ3) is 1.91. The number of methoxy groups -OCH3 is 1. The number of fused-ring (bicyclic) bond motifs is 2. The first kappa shape index (κ1) is 14.9. The Labute approximate surface area is 139 Å². The second-order valence-electron chi connectivity index (χ2n) is 6.24. The van der Waals surface area contributed by atoms with E-state index in [2.05, 4.69) is 5.32 Å². The summed E-state index contributed by atoms with van der Waals surface area (Å²) in [5, 5.41) is 13.9. The summed E-state index contributed by atoms with van der Waals surface area (Å²) >= 11 is 0. The summed E-state index contributed by atoms with van der Waals surface area (Å²) in [6.07, 6.45) is 1.03. The van der Waals surface area contributed by atoms with E-state index < -0.39 is 17.4 Å². The van der Waals surface area contributed by atoms with Crippen molar-refractivity contribution in [2.45, 2.75) is 18.4 Å². The van der Waals surface area contributed by atoms with E-state index in [1.165, 1.54) is 0 Å². The molecular formula is C19H17NO4. The molecule has 0 bridgehead atoms. The number of nitrogens with one attached hydrogen (secondary N) is 1. The summed E-state index contributed by atoms with van der Waals surface area (Å²) in [7, 11) is 1.58. The quantitative estimate of drug-likeness (QED) is 0.889. The van der Waals surface area contributed by atoms with Crippen LogP contribution in [0.15, 0.2) is 42.5 Å². The molecule has 0 aromatic heterocycles. The number of Topliss-reactive ketones (excluding diaryl/α,β-unsaturated/α-hetero) is 1. The molecule has 1 heterocycles. The number of carbonyl (C=O) groups is 2. The van der Waals surface area contributed by atoms with Crippen LogP contribution in [0.5, 0.6) is 5.75 Å². The molecule has 4 rings (SSSR count). The van der Waals surface area contributed by atoms with Gasteiger partial charge in [-0.05, 0) is 42.7 Å². The molecule has 122 valence electrons. The molecule has 2 aromatic rings. The van der Waals surface area contributed by atoms with E-state index in [9.17, 15) is 14.7 Å². The summed E-state index contributed by atoms with van der Waals surface area (Å²) in [6.45, 7) is 0. The third-order valence-electron chi connectivity index (χ3n) is 5.03. The monoisotopic (exact) mass is 323 g/mol. The normalized spacial score (nSPS) is 25.0. The first-order chi connectivity index (χ1) is 11.6. The topological polar surface area (TPSA) is 75.6 Å². The van der Waals surface area contributed by atoms with Crippen LogP contribution in [0.4, 0.5) is 5.69 Å². The maximum Gasteiger partial charge on any atom is 0.261 e. The van der Waals surface area contributed by atoms with E-state index in [1.54, 1.807) is 43.5 Å². The van der Waals surface area contributed by atoms with Gasteiger partial charge in [-0.15, -0.1) is 0 Å². The minimum Gasteiger partial charge on any atom is -0.497 e. The molecule has 1 aliphatic carbocycles. The van der Waals surface area contributed by atoms with E-state index in [1.807, 2.05) is 6.07 Å². The SMILES string of the molecule is COc1ccc2c(c1)CC[C@H]([C@]1(O)C(=O)Nc3ccccc31)C2=O. The highest BCUT2D eigenvalue weighted by molar-refractivity contribution is 6.11. The van der Waals surface area contributed by atoms with Crippen molar-refractivity contribution in [1.82, 2.24) is 0 Å². The van der Waals surface area contributed by atoms with Gasteiger partial charge in [0.2, 0.25) is 0 Å². The molecule has 2 N–H and O–H groups in total. The fourth-order valence-corrected chi connectivity index (χ4v) is 3.77. The van der Waals surface area contributed by atoms with Crippen LogP contribution in [0.1, 0.15) is 27.9 Å². The molecule has 2 aromatic carbocycles. The van der Waals surface area contributed by atoms with Crippen LogP contribution in [0, 0.1) is 5.92 Å². The molecule has 24 heavy (non-hydrogen) atoms. The predicted molar refractivity (Wildman–Crippen MR) is 88.1 cm³/mol. The van der Waals surface area contributed by atoms with Gasteiger partial charge in [0.25, 0.3) is 5.91 Å². The zero-order chi connectivity index (χ0) is 16.9. The fraction of sp³-hybridized carbons (Fsp3) is 0.263. The molecule has 2 aliphatic rings. The van der Waals surface area contributed by atoms with Crippen LogP contribution in [-0.2, 0) is 16.8 Å². The second-order valence-corrected chi connectivity index (χ2v) is 6.24. The van der Waals surface area contributed by atoms with E-state index in [0.717, 1.165) is 5.56 Å². The number of benzene rings is 2. The van der Waals surface area contributed by atoms with Crippen LogP contribution in [-0.4, -0.2) is 23.9 Å². The molecule has 0 spiro atoms. The van der Waals surface area contributed by atoms with E-state index >= 15 is 0 Å². The zero-order valence-electron chi connectivity index (χ0n) is 13.2. The molecule has 0 unspecified atom stereocenters. The van der Waals surface area contributed by atoms with Gasteiger partial charge in [-0.1, -0.05) is 18.2 Å². The Morgan fingerprint density at radius 2 is 2.00 bits per heavy atom. The van der Waals surface area contributed by atoms with Gasteiger partial charge in [-0.2, -0.15) is 0 Å². The Bertz CT molecular complexity index is 860. The van der Waals surface area contributed by atoms with Crippen LogP contribution in [0.3, 0.4) is 0 Å². The standard InChI is InChI=1S/C19H17NO4/c1-24-12-7-8-13-11(10-12)6-9-15(17(13)21)19(23)14-4-2-3-5-16(14)20-18(19)22/h2-5,7-8,10,15,23H,6,9H2,1H3,(H,20,22)/t15-,19-/m0/s1. The van der Waals surface area contributed by atoms with Gasteiger partial charge >= 0.3 is 0 Å². The number of para-hydroxylation sites is 1. The molecule has 2 atom stereocenters. The van der Waals surface area contributed by atoms with Crippen LogP contribution >= 0.6 is 0 Å². The van der Waals surface area contributed by atoms with Crippen molar-refractivity contribution in [2.24, 2.45) is 5.92 Å². The molecule has 0 radical (unpaired) electrons. The molecular weight excluding hydrogens is 306 g/mol. The molecule has 0 saturated heterocycles. The van der Waals surface area contributed by atoms with Crippen molar-refractivity contribution in [3.05, 3.63) is 59.2 Å². The molecule has 1 amide bonds. The van der Waals surface area contributed by atoms with E-state index in [4.69, 9.17) is 4.74 Å². The summed E-state index contributed by atoms with van der Waals surface area (Å²) in [6, 6.07) is 12.3. The van der Waals surface area contributed by atoms with Gasteiger partial charge in [0, 0.05) is 16.8 Å². The van der Waals surface area contributed by atoms with Crippen molar-refractivity contribution in [1.29, 1.82) is 0 Å². The number of rotatable bonds is 2. The van der Waals surface area contributed by atoms with Gasteiger partial charge in [0.15, 0.2) is 11.4 Å². The van der Waals surface area contributed by atoms with Crippen molar-refractivity contribution < 1.29 is 19.4 Å². The Morgan fingerprint density at radius 3 is 2.79 bits per heavy atom. The Balaban J connectivity index is 1.78. The minimum absolute atomic E-state index is 0.201. The van der Waals surface area contributed by atoms with Crippen LogP contribution < -0.4 is 10.1 Å². The van der Waals surface area contributed by atoms with Crippen molar-refractivity contribution in [2.75, 3.05) is 12.4 Å². The highest BCUT2D eigenvalue weighted by Gasteiger charge is 2.54. The lowest BCUT2D eigenvalue weighted by Crippen LogP contribution is -2.47. The lowest BCUT2D eigenvalue weighted by molar-refractivity contribution is -0.138. The summed E-state index contributed by atoms with van der Waals surface area (Å²) in [4.78, 5) is 25.5. The number of hydrogen-bond donors (Lipinski definition) is 2. The number of ether oxygens (including phenoxy) is 1. The summed E-state index contributed by atoms with van der Waals surface area (Å²) in [5.41, 5.74) is 0.679. The minimum atomic E-state index is -1.81. The first-order valence-corrected chi connectivity index (χ1v) is 7.90. The molecule has 0 saturated carbocycles. The average molecular weight is 323 g/mol. The van der Waals surface area contributed by atoms with E-state index in [0.29, 0.717) is 35.4 Å². The van der Waals surface area contributed by atoms with Crippen LogP contribution in [0.2, 0.25) is 0 Å². The summed E-state index contributed by atoms with van der Waals surface area (Å²) < 4.78 is 5.20. The number of ketones is 1. The Hall–Kier alpha value is -2.66. The Morgan fingerprint density at radius 1 is 1.21 bits per heavy atom. The van der Waals surface area contributed by atoms with Gasteiger partial charge in [0.05, 0.1) is 13.0 Å². The largest absolute Gasteiger partial charge is 0.497 e. The fourth-order valence-electron chi connectivity index (χ4n) is 3.77. The van der Waals surface area contributed by atoms with E-state index in [-0.39, 0.29) is 5.78 Å². The lowest BCUT2D eigenvalue weighted by atomic mass is 9.71. The predicted octanol–water partition coefficient (Wildman–Crippen LogP) is 2.28. The smallest absolute Gasteiger partial charge is 0.261 e. The molecule has 1 aliphatic heterocycles. The molecule has 5 heteroatoms. The second kappa shape index (κ2) is 5.18. The molecule has 0 fully saturated rings. The van der Waals surface area contributed by atoms with Gasteiger partial charge < -0.3 is 15.2 Å². The lowest BCUT2D eigenvalue weighted by Gasteiger charge is -2.33. The van der Waals surface area contributed by atoms with Crippen molar-refractivity contribution >= 4 is 17.4 Å². The highest BCUT2D eigenvalue weighted by Crippen LogP contribution is 2.45. The number of hydrogen-bond acceptors (Lipinski definition) is 4. The van der Waals surface area contributed by atoms with Gasteiger partial charge in [-0.3, -0.25) is 9.59 Å². The summed E-state index contributed by atoms with van der Waals surface area (Å²) in [5.74, 6) is -0.822. The van der Waals surface area contributed by atoms with Gasteiger partial charge in [-0.25, -0.2) is 0 Å². The van der Waals surface area contributed by atoms with Crippen molar-refractivity contribution in [3.8, 4) is 5.75 Å². The number of carbonyl (C=O) groups excluding carboxylic acids is 2. The maximum atomic E-state index is 13.0. The number of aryl methyl sites for hydroxylation is 1. The Kier molecular flexibility index (Phi) is 3.21.